The van der Waals surface area contributed by atoms with E-state index in [-0.39, 0.29) is 0 Å². The van der Waals surface area contributed by atoms with E-state index in [1.165, 1.54) is 33.0 Å². The molecule has 2 nitrogen and oxygen atoms in total. The first-order valence-electron chi connectivity index (χ1n) is 7.16. The molecule has 1 aromatic heterocycles. The second-order valence-electron chi connectivity index (χ2n) is 5.56. The summed E-state index contributed by atoms with van der Waals surface area (Å²) in [5, 5.41) is 12.1. The lowest BCUT2D eigenvalue weighted by atomic mass is 9.97. The second-order valence-corrected chi connectivity index (χ2v) is 5.56. The van der Waals surface area contributed by atoms with Crippen LogP contribution >= 0.6 is 0 Å². The molecular formula is C19H12N2. The van der Waals surface area contributed by atoms with Crippen molar-refractivity contribution in [3.05, 3.63) is 71.9 Å². The number of aromatic nitrogens is 2. The van der Waals surface area contributed by atoms with Gasteiger partial charge >= 0.3 is 0 Å². The first kappa shape index (κ1) is 11.0. The molecule has 0 amide bonds. The largest absolute Gasteiger partial charge is 0.158 e. The molecule has 0 spiro atoms. The van der Waals surface area contributed by atoms with Crippen molar-refractivity contribution in [1.29, 1.82) is 0 Å². The van der Waals surface area contributed by atoms with E-state index in [0.29, 0.717) is 0 Å². The summed E-state index contributed by atoms with van der Waals surface area (Å²) in [5.74, 6) is 0. The number of benzene rings is 3. The maximum atomic E-state index is 4.40. The van der Waals surface area contributed by atoms with E-state index < -0.39 is 0 Å². The lowest BCUT2D eigenvalue weighted by Gasteiger charge is -2.08. The summed E-state index contributed by atoms with van der Waals surface area (Å²) < 4.78 is 0. The quantitative estimate of drug-likeness (QED) is 0.390. The zero-order valence-electron chi connectivity index (χ0n) is 11.4. The molecule has 1 aliphatic carbocycles. The third-order valence-corrected chi connectivity index (χ3v) is 4.45. The van der Waals surface area contributed by atoms with Gasteiger partial charge in [0.1, 0.15) is 5.52 Å². The molecular weight excluding hydrogens is 256 g/mol. The van der Waals surface area contributed by atoms with Crippen LogP contribution < -0.4 is 0 Å². The van der Waals surface area contributed by atoms with Crippen LogP contribution in [0.5, 0.6) is 0 Å². The van der Waals surface area contributed by atoms with Crippen molar-refractivity contribution >= 4 is 21.7 Å². The number of hydrogen-bond donors (Lipinski definition) is 0. The Morgan fingerprint density at radius 3 is 2.62 bits per heavy atom. The van der Waals surface area contributed by atoms with E-state index in [9.17, 15) is 0 Å². The average Bonchev–Trinajstić information content (AvgIpc) is 2.93. The van der Waals surface area contributed by atoms with Crippen molar-refractivity contribution in [2.75, 3.05) is 0 Å². The van der Waals surface area contributed by atoms with E-state index >= 15 is 0 Å². The fourth-order valence-corrected chi connectivity index (χ4v) is 3.50. The molecule has 0 saturated heterocycles. The molecule has 0 unspecified atom stereocenters. The third kappa shape index (κ3) is 1.42. The Morgan fingerprint density at radius 2 is 1.62 bits per heavy atom. The van der Waals surface area contributed by atoms with Crippen LogP contribution in [0.15, 0.2) is 60.8 Å². The van der Waals surface area contributed by atoms with Crippen LogP contribution in [0.3, 0.4) is 0 Å². The topological polar surface area (TPSA) is 25.8 Å². The number of nitrogens with zero attached hydrogens (tertiary/aromatic N) is 2. The number of rotatable bonds is 0. The summed E-state index contributed by atoms with van der Waals surface area (Å²) in [6.07, 6.45) is 2.74. The molecule has 0 aliphatic heterocycles. The molecule has 0 radical (unpaired) electrons. The molecule has 0 fully saturated rings. The van der Waals surface area contributed by atoms with Gasteiger partial charge in [0.15, 0.2) is 0 Å². The summed E-state index contributed by atoms with van der Waals surface area (Å²) in [5.41, 5.74) is 6.51. The highest BCUT2D eigenvalue weighted by atomic mass is 15.1. The fraction of sp³-hybridized carbons (Fsp3) is 0.0526. The van der Waals surface area contributed by atoms with Gasteiger partial charge in [0.2, 0.25) is 0 Å². The van der Waals surface area contributed by atoms with Crippen LogP contribution in [0, 0.1) is 0 Å². The summed E-state index contributed by atoms with van der Waals surface area (Å²) in [6.45, 7) is 0. The molecule has 0 N–H and O–H groups in total. The molecule has 1 heterocycles. The van der Waals surface area contributed by atoms with Crippen LogP contribution in [0.4, 0.5) is 0 Å². The van der Waals surface area contributed by atoms with E-state index in [1.807, 2.05) is 6.07 Å². The van der Waals surface area contributed by atoms with Crippen LogP contribution in [0.1, 0.15) is 11.1 Å². The molecule has 0 saturated carbocycles. The third-order valence-electron chi connectivity index (χ3n) is 4.45. The maximum Gasteiger partial charge on any atom is 0.101 e. The van der Waals surface area contributed by atoms with Gasteiger partial charge in [0.25, 0.3) is 0 Å². The zero-order valence-corrected chi connectivity index (χ0v) is 11.4. The predicted octanol–water partition coefficient (Wildman–Crippen LogP) is 4.35. The summed E-state index contributed by atoms with van der Waals surface area (Å²) >= 11 is 0. The van der Waals surface area contributed by atoms with Crippen molar-refractivity contribution in [3.8, 4) is 11.1 Å². The first-order valence-corrected chi connectivity index (χ1v) is 7.16. The summed E-state index contributed by atoms with van der Waals surface area (Å²) in [7, 11) is 0. The van der Waals surface area contributed by atoms with E-state index in [1.54, 1.807) is 6.20 Å². The Morgan fingerprint density at radius 1 is 0.762 bits per heavy atom. The van der Waals surface area contributed by atoms with Crippen molar-refractivity contribution < 1.29 is 0 Å². The normalized spacial score (nSPS) is 12.6. The molecule has 21 heavy (non-hydrogen) atoms. The van der Waals surface area contributed by atoms with Crippen LogP contribution in [-0.4, -0.2) is 10.2 Å². The van der Waals surface area contributed by atoms with Gasteiger partial charge in [-0.05, 0) is 40.1 Å². The highest BCUT2D eigenvalue weighted by Crippen LogP contribution is 2.41. The molecule has 3 aromatic carbocycles. The molecule has 0 atom stereocenters. The molecule has 0 bridgehead atoms. The molecule has 5 rings (SSSR count). The highest BCUT2D eigenvalue weighted by molar-refractivity contribution is 6.09. The van der Waals surface area contributed by atoms with Gasteiger partial charge < -0.3 is 0 Å². The van der Waals surface area contributed by atoms with Crippen molar-refractivity contribution in [2.45, 2.75) is 6.42 Å². The van der Waals surface area contributed by atoms with Crippen molar-refractivity contribution in [3.63, 3.8) is 0 Å². The van der Waals surface area contributed by atoms with Gasteiger partial charge in [-0.1, -0.05) is 48.5 Å². The molecule has 2 heteroatoms. The highest BCUT2D eigenvalue weighted by Gasteiger charge is 2.21. The fourth-order valence-electron chi connectivity index (χ4n) is 3.50. The van der Waals surface area contributed by atoms with Crippen molar-refractivity contribution in [1.82, 2.24) is 10.2 Å². The van der Waals surface area contributed by atoms with Gasteiger partial charge in [0.05, 0.1) is 6.20 Å². The monoisotopic (exact) mass is 268 g/mol. The predicted molar refractivity (Wildman–Crippen MR) is 85.3 cm³/mol. The summed E-state index contributed by atoms with van der Waals surface area (Å²) in [4.78, 5) is 0. The Labute approximate surface area is 122 Å². The summed E-state index contributed by atoms with van der Waals surface area (Å²) in [6, 6.07) is 19.4. The molecule has 4 aromatic rings. The maximum absolute atomic E-state index is 4.40. The van der Waals surface area contributed by atoms with Gasteiger partial charge in [-0.2, -0.15) is 5.10 Å². The number of fused-ring (bicyclic) bond motifs is 7. The number of hydrogen-bond acceptors (Lipinski definition) is 2. The van der Waals surface area contributed by atoms with E-state index in [0.717, 1.165) is 17.3 Å². The Balaban J connectivity index is 1.97. The Kier molecular flexibility index (Phi) is 2.03. The van der Waals surface area contributed by atoms with Crippen LogP contribution in [-0.2, 0) is 6.42 Å². The molecule has 1 aliphatic rings. The van der Waals surface area contributed by atoms with Gasteiger partial charge in [0, 0.05) is 10.8 Å². The standard InChI is InChI=1S/C19H12N2/c1-2-4-15-14(3-1)11-17-16(15)8-7-12-5-6-13-9-10-20-21-19(13)18(12)17/h1-10H,11H2. The second kappa shape index (κ2) is 3.89. The van der Waals surface area contributed by atoms with Crippen LogP contribution in [0.2, 0.25) is 0 Å². The SMILES string of the molecule is c1ccc2c(c1)Cc1c-2ccc2ccc3ccnnc3c12. The average molecular weight is 268 g/mol. The van der Waals surface area contributed by atoms with E-state index in [4.69, 9.17) is 0 Å². The Bertz CT molecular complexity index is 1020. The minimum absolute atomic E-state index is 0.985. The molecule has 98 valence electrons. The Hall–Kier alpha value is -2.74. The first-order chi connectivity index (χ1) is 10.4. The lowest BCUT2D eigenvalue weighted by Crippen LogP contribution is -1.90. The zero-order chi connectivity index (χ0) is 13.8. The minimum Gasteiger partial charge on any atom is -0.158 e. The van der Waals surface area contributed by atoms with Gasteiger partial charge in [-0.3, -0.25) is 0 Å². The van der Waals surface area contributed by atoms with E-state index in [2.05, 4.69) is 58.7 Å². The van der Waals surface area contributed by atoms with Crippen LogP contribution in [0.25, 0.3) is 32.8 Å². The lowest BCUT2D eigenvalue weighted by molar-refractivity contribution is 1.08. The van der Waals surface area contributed by atoms with Gasteiger partial charge in [-0.15, -0.1) is 5.10 Å². The van der Waals surface area contributed by atoms with Crippen molar-refractivity contribution in [2.24, 2.45) is 0 Å². The minimum atomic E-state index is 0.985. The smallest absolute Gasteiger partial charge is 0.101 e. The van der Waals surface area contributed by atoms with Gasteiger partial charge in [-0.25, -0.2) is 0 Å².